The number of nitrogens with zero attached hydrogens (tertiary/aromatic N) is 1. The van der Waals surface area contributed by atoms with Crippen molar-refractivity contribution in [1.82, 2.24) is 14.9 Å². The number of hydrogen-bond acceptors (Lipinski definition) is 3. The van der Waals surface area contributed by atoms with Crippen molar-refractivity contribution in [3.05, 3.63) is 0 Å². The molecule has 6 nitrogen and oxygen atoms in total. The molecule has 0 aromatic carbocycles. The normalized spacial score (nSPS) is 29.2. The first-order valence-corrected chi connectivity index (χ1v) is 8.12. The Bertz CT molecular complexity index is 442. The summed E-state index contributed by atoms with van der Waals surface area (Å²) in [5.41, 5.74) is 0. The van der Waals surface area contributed by atoms with E-state index in [0.29, 0.717) is 25.6 Å². The van der Waals surface area contributed by atoms with Gasteiger partial charge in [-0.15, -0.1) is 0 Å². The van der Waals surface area contributed by atoms with E-state index in [1.807, 2.05) is 0 Å². The Morgan fingerprint density at radius 2 is 1.67 bits per heavy atom. The van der Waals surface area contributed by atoms with Gasteiger partial charge in [0.1, 0.15) is 0 Å². The maximum absolute atomic E-state index is 12.0. The van der Waals surface area contributed by atoms with Crippen LogP contribution in [0.5, 0.6) is 0 Å². The van der Waals surface area contributed by atoms with E-state index in [2.05, 4.69) is 10.6 Å². The van der Waals surface area contributed by atoms with E-state index in [1.54, 1.807) is 0 Å². The van der Waals surface area contributed by atoms with Crippen LogP contribution in [0, 0.1) is 0 Å². The second-order valence-electron chi connectivity index (χ2n) is 5.48. The second-order valence-corrected chi connectivity index (χ2v) is 7.69. The highest BCUT2D eigenvalue weighted by atomic mass is 32.2. The van der Waals surface area contributed by atoms with E-state index >= 15 is 0 Å². The predicted molar refractivity (Wildman–Crippen MR) is 66.6 cm³/mol. The van der Waals surface area contributed by atoms with Gasteiger partial charge in [0, 0.05) is 25.2 Å². The van der Waals surface area contributed by atoms with Crippen molar-refractivity contribution in [3.8, 4) is 0 Å². The van der Waals surface area contributed by atoms with Gasteiger partial charge in [-0.1, -0.05) is 0 Å². The lowest BCUT2D eigenvalue weighted by Gasteiger charge is -2.17. The molecule has 102 valence electrons. The number of carbonyl (C=O) groups excluding carboxylic acids is 1. The Morgan fingerprint density at radius 3 is 2.28 bits per heavy atom. The molecule has 3 aliphatic rings. The fourth-order valence-electron chi connectivity index (χ4n) is 2.29. The molecule has 1 heterocycles. The van der Waals surface area contributed by atoms with Gasteiger partial charge in [0.05, 0.1) is 5.25 Å². The molecule has 2 saturated carbocycles. The second kappa shape index (κ2) is 4.38. The number of nitrogens with one attached hydrogen (secondary N) is 2. The van der Waals surface area contributed by atoms with Gasteiger partial charge in [-0.3, -0.25) is 0 Å². The van der Waals surface area contributed by atoms with E-state index in [-0.39, 0.29) is 17.3 Å². The number of hydrogen-bond donors (Lipinski definition) is 2. The summed E-state index contributed by atoms with van der Waals surface area (Å²) in [6.45, 7) is 0.962. The molecule has 0 radical (unpaired) electrons. The average molecular weight is 273 g/mol. The monoisotopic (exact) mass is 273 g/mol. The Hall–Kier alpha value is -0.820. The minimum absolute atomic E-state index is 0.0442. The Labute approximate surface area is 107 Å². The van der Waals surface area contributed by atoms with Crippen molar-refractivity contribution < 1.29 is 13.2 Å². The number of carbonyl (C=O) groups is 1. The maximum atomic E-state index is 12.0. The molecule has 1 atom stereocenters. The summed E-state index contributed by atoms with van der Waals surface area (Å²) in [6.07, 6.45) is 4.41. The van der Waals surface area contributed by atoms with Gasteiger partial charge in [-0.2, -0.15) is 4.31 Å². The molecule has 0 spiro atoms. The van der Waals surface area contributed by atoms with Crippen LogP contribution >= 0.6 is 0 Å². The molecule has 1 unspecified atom stereocenters. The third kappa shape index (κ3) is 2.61. The van der Waals surface area contributed by atoms with Crippen LogP contribution in [0.4, 0.5) is 4.79 Å². The maximum Gasteiger partial charge on any atom is 0.315 e. The van der Waals surface area contributed by atoms with Crippen LogP contribution in [0.15, 0.2) is 0 Å². The average Bonchev–Trinajstić information content (AvgIpc) is 3.19. The number of urea groups is 1. The highest BCUT2D eigenvalue weighted by Gasteiger charge is 2.42. The van der Waals surface area contributed by atoms with Crippen LogP contribution in [-0.2, 0) is 10.0 Å². The molecule has 0 bridgehead atoms. The zero-order chi connectivity index (χ0) is 12.8. The van der Waals surface area contributed by atoms with Gasteiger partial charge in [-0.05, 0) is 32.1 Å². The molecule has 3 fully saturated rings. The third-order valence-corrected chi connectivity index (χ3v) is 6.07. The Balaban J connectivity index is 1.50. The molecule has 2 N–H and O–H groups in total. The first kappa shape index (κ1) is 12.2. The fraction of sp³-hybridized carbons (Fsp3) is 0.909. The predicted octanol–water partition coefficient (Wildman–Crippen LogP) is 0.0145. The summed E-state index contributed by atoms with van der Waals surface area (Å²) in [6, 6.07) is 0.128. The van der Waals surface area contributed by atoms with Gasteiger partial charge in [0.25, 0.3) is 0 Å². The molecule has 1 aliphatic heterocycles. The molecular weight excluding hydrogens is 254 g/mol. The lowest BCUT2D eigenvalue weighted by molar-refractivity contribution is 0.237. The SMILES string of the molecule is O=C(NC1CC1)NC1CCN(S(=O)(=O)C2CC2)C1. The summed E-state index contributed by atoms with van der Waals surface area (Å²) >= 11 is 0. The molecule has 2 amide bonds. The first-order chi connectivity index (χ1) is 8.55. The van der Waals surface area contributed by atoms with Crippen LogP contribution in [0.25, 0.3) is 0 Å². The summed E-state index contributed by atoms with van der Waals surface area (Å²) in [4.78, 5) is 11.6. The van der Waals surface area contributed by atoms with Crippen molar-refractivity contribution in [2.45, 2.75) is 49.4 Å². The minimum atomic E-state index is -3.08. The molecule has 2 aliphatic carbocycles. The summed E-state index contributed by atoms with van der Waals surface area (Å²) < 4.78 is 25.6. The van der Waals surface area contributed by atoms with E-state index < -0.39 is 10.0 Å². The van der Waals surface area contributed by atoms with E-state index in [0.717, 1.165) is 25.7 Å². The van der Waals surface area contributed by atoms with Crippen molar-refractivity contribution in [2.24, 2.45) is 0 Å². The van der Waals surface area contributed by atoms with Crippen molar-refractivity contribution in [1.29, 1.82) is 0 Å². The van der Waals surface area contributed by atoms with Crippen LogP contribution in [0.1, 0.15) is 32.1 Å². The van der Waals surface area contributed by atoms with Crippen LogP contribution in [-0.4, -0.2) is 49.2 Å². The van der Waals surface area contributed by atoms with E-state index in [4.69, 9.17) is 0 Å². The highest BCUT2D eigenvalue weighted by molar-refractivity contribution is 7.90. The number of sulfonamides is 1. The summed E-state index contributed by atoms with van der Waals surface area (Å²) in [7, 11) is -3.08. The zero-order valence-corrected chi connectivity index (χ0v) is 11.1. The largest absolute Gasteiger partial charge is 0.335 e. The molecule has 1 saturated heterocycles. The van der Waals surface area contributed by atoms with Crippen molar-refractivity contribution in [2.75, 3.05) is 13.1 Å². The van der Waals surface area contributed by atoms with Gasteiger partial charge >= 0.3 is 6.03 Å². The Morgan fingerprint density at radius 1 is 1.00 bits per heavy atom. The van der Waals surface area contributed by atoms with E-state index in [1.165, 1.54) is 4.31 Å². The molecule has 3 rings (SSSR count). The minimum Gasteiger partial charge on any atom is -0.335 e. The molecule has 7 heteroatoms. The van der Waals surface area contributed by atoms with Gasteiger partial charge < -0.3 is 10.6 Å². The summed E-state index contributed by atoms with van der Waals surface area (Å²) in [5.74, 6) is 0. The molecule has 0 aromatic rings. The third-order valence-electron chi connectivity index (χ3n) is 3.70. The molecule has 18 heavy (non-hydrogen) atoms. The standard InChI is InChI=1S/C11H19N3O3S/c15-11(12-8-1-2-8)13-9-5-6-14(7-9)18(16,17)10-3-4-10/h8-10H,1-7H2,(H2,12,13,15). The highest BCUT2D eigenvalue weighted by Crippen LogP contribution is 2.32. The summed E-state index contributed by atoms with van der Waals surface area (Å²) in [5, 5.41) is 5.55. The number of rotatable bonds is 4. The zero-order valence-electron chi connectivity index (χ0n) is 10.3. The topological polar surface area (TPSA) is 78.5 Å². The lowest BCUT2D eigenvalue weighted by atomic mass is 10.3. The first-order valence-electron chi connectivity index (χ1n) is 6.62. The Kier molecular flexibility index (Phi) is 2.97. The van der Waals surface area contributed by atoms with Crippen LogP contribution < -0.4 is 10.6 Å². The quantitative estimate of drug-likeness (QED) is 0.757. The van der Waals surface area contributed by atoms with Gasteiger partial charge in [0.2, 0.25) is 10.0 Å². The van der Waals surface area contributed by atoms with Gasteiger partial charge in [0.15, 0.2) is 0 Å². The van der Waals surface area contributed by atoms with Crippen molar-refractivity contribution >= 4 is 16.1 Å². The van der Waals surface area contributed by atoms with Gasteiger partial charge in [-0.25, -0.2) is 13.2 Å². The van der Waals surface area contributed by atoms with Crippen LogP contribution in [0.3, 0.4) is 0 Å². The molecular formula is C11H19N3O3S. The number of amides is 2. The molecule has 0 aromatic heterocycles. The van der Waals surface area contributed by atoms with Crippen molar-refractivity contribution in [3.63, 3.8) is 0 Å². The van der Waals surface area contributed by atoms with Crippen LogP contribution in [0.2, 0.25) is 0 Å². The smallest absolute Gasteiger partial charge is 0.315 e. The fourth-order valence-corrected chi connectivity index (χ4v) is 4.20. The van der Waals surface area contributed by atoms with E-state index in [9.17, 15) is 13.2 Å². The lowest BCUT2D eigenvalue weighted by Crippen LogP contribution is -2.44.